The number of carbonyl (C=O) groups is 2. The van der Waals surface area contributed by atoms with Crippen LogP contribution in [-0.2, 0) is 15.6 Å². The average molecular weight is 380 g/mol. The molecule has 0 bridgehead atoms. The minimum Gasteiger partial charge on any atom is -0.465 e. The zero-order chi connectivity index (χ0) is 20.5. The molecule has 0 saturated carbocycles. The predicted octanol–water partition coefficient (Wildman–Crippen LogP) is 4.58. The van der Waals surface area contributed by atoms with Crippen molar-refractivity contribution in [3.63, 3.8) is 0 Å². The first-order valence-electron chi connectivity index (χ1n) is 9.54. The molecule has 0 unspecified atom stereocenters. The predicted molar refractivity (Wildman–Crippen MR) is 111 cm³/mol. The van der Waals surface area contributed by atoms with E-state index in [2.05, 4.69) is 55.4 Å². The molecule has 1 aliphatic carbocycles. The highest BCUT2D eigenvalue weighted by atomic mass is 16.5. The molecule has 0 spiro atoms. The molecule has 5 heteroatoms. The number of ether oxygens (including phenoxy) is 1. The number of carbonyl (C=O) groups excluding carboxylic acids is 2. The first-order valence-corrected chi connectivity index (χ1v) is 9.54. The normalized spacial score (nSPS) is 16.6. The van der Waals surface area contributed by atoms with Crippen LogP contribution in [0.3, 0.4) is 0 Å². The number of methoxy groups -OCH3 is 1. The van der Waals surface area contributed by atoms with Crippen molar-refractivity contribution in [2.75, 3.05) is 12.5 Å². The number of hydrazine groups is 1. The van der Waals surface area contributed by atoms with E-state index in [4.69, 9.17) is 0 Å². The van der Waals surface area contributed by atoms with Crippen LogP contribution in [-0.4, -0.2) is 19.0 Å². The Morgan fingerprint density at radius 1 is 0.857 bits per heavy atom. The van der Waals surface area contributed by atoms with Crippen molar-refractivity contribution in [1.29, 1.82) is 0 Å². The van der Waals surface area contributed by atoms with Crippen molar-refractivity contribution in [1.82, 2.24) is 5.43 Å². The quantitative estimate of drug-likeness (QED) is 0.602. The van der Waals surface area contributed by atoms with Gasteiger partial charge in [-0.1, -0.05) is 33.8 Å². The van der Waals surface area contributed by atoms with Crippen molar-refractivity contribution in [3.8, 4) is 0 Å². The maximum atomic E-state index is 12.4. The summed E-state index contributed by atoms with van der Waals surface area (Å²) in [5.41, 5.74) is 10.4. The van der Waals surface area contributed by atoms with Crippen molar-refractivity contribution in [3.05, 3.63) is 64.7 Å². The van der Waals surface area contributed by atoms with Gasteiger partial charge in [0.25, 0.3) is 5.91 Å². The average Bonchev–Trinajstić information content (AvgIpc) is 2.69. The second-order valence-electron chi connectivity index (χ2n) is 8.68. The molecule has 0 saturated heterocycles. The summed E-state index contributed by atoms with van der Waals surface area (Å²) in [5.74, 6) is -0.696. The first kappa shape index (κ1) is 19.9. The van der Waals surface area contributed by atoms with E-state index in [0.717, 1.165) is 18.5 Å². The van der Waals surface area contributed by atoms with Gasteiger partial charge in [0.15, 0.2) is 0 Å². The lowest BCUT2D eigenvalue weighted by atomic mass is 9.63. The van der Waals surface area contributed by atoms with Crippen LogP contribution >= 0.6 is 0 Å². The molecule has 1 amide bonds. The maximum absolute atomic E-state index is 12.4. The van der Waals surface area contributed by atoms with E-state index in [-0.39, 0.29) is 16.7 Å². The smallest absolute Gasteiger partial charge is 0.337 e. The Labute approximate surface area is 166 Å². The molecule has 2 N–H and O–H groups in total. The summed E-state index contributed by atoms with van der Waals surface area (Å²) in [7, 11) is 1.33. The van der Waals surface area contributed by atoms with Crippen LogP contribution in [0.25, 0.3) is 0 Å². The Hall–Kier alpha value is -2.82. The third-order valence-corrected chi connectivity index (χ3v) is 5.74. The van der Waals surface area contributed by atoms with Gasteiger partial charge >= 0.3 is 5.97 Å². The molecule has 0 fully saturated rings. The van der Waals surface area contributed by atoms with Gasteiger partial charge in [-0.05, 0) is 71.2 Å². The van der Waals surface area contributed by atoms with Crippen molar-refractivity contribution in [2.45, 2.75) is 51.4 Å². The molecule has 2 aromatic rings. The van der Waals surface area contributed by atoms with Gasteiger partial charge in [-0.2, -0.15) is 0 Å². The van der Waals surface area contributed by atoms with E-state index < -0.39 is 5.97 Å². The zero-order valence-corrected chi connectivity index (χ0v) is 17.2. The number of hydrogen-bond donors (Lipinski definition) is 2. The summed E-state index contributed by atoms with van der Waals surface area (Å²) in [5, 5.41) is 0. The van der Waals surface area contributed by atoms with E-state index in [9.17, 15) is 9.59 Å². The van der Waals surface area contributed by atoms with Crippen LogP contribution in [0.4, 0.5) is 5.69 Å². The van der Waals surface area contributed by atoms with Crippen LogP contribution in [0.5, 0.6) is 0 Å². The van der Waals surface area contributed by atoms with E-state index in [0.29, 0.717) is 11.1 Å². The molecule has 0 atom stereocenters. The highest BCUT2D eigenvalue weighted by molar-refractivity contribution is 5.96. The maximum Gasteiger partial charge on any atom is 0.337 e. The molecule has 0 aliphatic heterocycles. The van der Waals surface area contributed by atoms with E-state index in [1.807, 2.05) is 6.07 Å². The molecule has 0 radical (unpaired) electrons. The van der Waals surface area contributed by atoms with E-state index >= 15 is 0 Å². The Balaban J connectivity index is 1.73. The summed E-state index contributed by atoms with van der Waals surface area (Å²) in [4.78, 5) is 23.9. The molecule has 2 aromatic carbocycles. The van der Waals surface area contributed by atoms with Gasteiger partial charge in [0.05, 0.1) is 18.4 Å². The number of anilines is 1. The lowest BCUT2D eigenvalue weighted by Crippen LogP contribution is -2.34. The van der Waals surface area contributed by atoms with Crippen LogP contribution in [0.2, 0.25) is 0 Å². The first-order chi connectivity index (χ1) is 13.1. The highest BCUT2D eigenvalue weighted by Crippen LogP contribution is 2.46. The monoisotopic (exact) mass is 380 g/mol. The Morgan fingerprint density at radius 3 is 2.04 bits per heavy atom. The van der Waals surface area contributed by atoms with E-state index in [1.165, 1.54) is 18.2 Å². The second-order valence-corrected chi connectivity index (χ2v) is 8.68. The van der Waals surface area contributed by atoms with Gasteiger partial charge in [0, 0.05) is 5.56 Å². The van der Waals surface area contributed by atoms with Gasteiger partial charge in [-0.15, -0.1) is 0 Å². The number of fused-ring (bicyclic) bond motifs is 1. The van der Waals surface area contributed by atoms with Crippen molar-refractivity contribution < 1.29 is 14.3 Å². The van der Waals surface area contributed by atoms with Gasteiger partial charge in [0.2, 0.25) is 0 Å². The van der Waals surface area contributed by atoms with Crippen LogP contribution < -0.4 is 10.9 Å². The number of benzene rings is 2. The molecular formula is C23H28N2O3. The zero-order valence-electron chi connectivity index (χ0n) is 17.2. The molecule has 148 valence electrons. The van der Waals surface area contributed by atoms with Crippen molar-refractivity contribution >= 4 is 17.6 Å². The third-order valence-electron chi connectivity index (χ3n) is 5.74. The van der Waals surface area contributed by atoms with Crippen LogP contribution in [0.15, 0.2) is 42.5 Å². The minimum absolute atomic E-state index is 0.107. The van der Waals surface area contributed by atoms with Gasteiger partial charge in [0.1, 0.15) is 0 Å². The molecule has 5 nitrogen and oxygen atoms in total. The number of nitrogens with one attached hydrogen (secondary N) is 2. The second kappa shape index (κ2) is 7.30. The molecule has 3 rings (SSSR count). The van der Waals surface area contributed by atoms with Gasteiger partial charge in [-0.3, -0.25) is 15.6 Å². The minimum atomic E-state index is -0.426. The molecule has 28 heavy (non-hydrogen) atoms. The standard InChI is InChI=1S/C23H28N2O3/c1-22(2)12-13-23(3,4)19-14-17(10-11-18(19)22)24-25-20(26)15-6-8-16(9-7-15)21(27)28-5/h6-11,14,24H,12-13H2,1-5H3,(H,25,26). The molecule has 0 heterocycles. The molecule has 1 aliphatic rings. The highest BCUT2D eigenvalue weighted by Gasteiger charge is 2.36. The fourth-order valence-electron chi connectivity index (χ4n) is 3.74. The Morgan fingerprint density at radius 2 is 1.43 bits per heavy atom. The SMILES string of the molecule is COC(=O)c1ccc(C(=O)NNc2ccc3c(c2)C(C)(C)CCC3(C)C)cc1. The number of rotatable bonds is 4. The van der Waals surface area contributed by atoms with E-state index in [1.54, 1.807) is 24.3 Å². The van der Waals surface area contributed by atoms with Gasteiger partial charge < -0.3 is 4.74 Å². The fraction of sp³-hybridized carbons (Fsp3) is 0.391. The summed E-state index contributed by atoms with van der Waals surface area (Å²) < 4.78 is 4.67. The summed E-state index contributed by atoms with van der Waals surface area (Å²) >= 11 is 0. The third kappa shape index (κ3) is 3.88. The van der Waals surface area contributed by atoms with Crippen LogP contribution in [0, 0.1) is 0 Å². The fourth-order valence-corrected chi connectivity index (χ4v) is 3.74. The number of hydrogen-bond acceptors (Lipinski definition) is 4. The lowest BCUT2D eigenvalue weighted by Gasteiger charge is -2.42. The Bertz CT molecular complexity index is 899. The summed E-state index contributed by atoms with van der Waals surface area (Å²) in [6.07, 6.45) is 2.30. The molecule has 0 aromatic heterocycles. The van der Waals surface area contributed by atoms with Crippen LogP contribution in [0.1, 0.15) is 72.4 Å². The largest absolute Gasteiger partial charge is 0.465 e. The lowest BCUT2D eigenvalue weighted by molar-refractivity contribution is 0.0600. The number of esters is 1. The van der Waals surface area contributed by atoms with Gasteiger partial charge in [-0.25, -0.2) is 4.79 Å². The Kier molecular flexibility index (Phi) is 5.20. The van der Waals surface area contributed by atoms with Crippen molar-refractivity contribution in [2.24, 2.45) is 0 Å². The summed E-state index contributed by atoms with van der Waals surface area (Å²) in [6, 6.07) is 12.6. The summed E-state index contributed by atoms with van der Waals surface area (Å²) in [6.45, 7) is 9.11. The molecular weight excluding hydrogens is 352 g/mol. The number of amides is 1. The topological polar surface area (TPSA) is 67.4 Å².